The first kappa shape index (κ1) is 18.0. The Labute approximate surface area is 157 Å². The first-order valence-corrected chi connectivity index (χ1v) is 9.86. The fourth-order valence-electron chi connectivity index (χ4n) is 3.27. The number of nitrogens with zero attached hydrogens (tertiary/aromatic N) is 2. The number of rotatable bonds is 5. The van der Waals surface area contributed by atoms with Crippen molar-refractivity contribution in [3.05, 3.63) is 57.2 Å². The van der Waals surface area contributed by atoms with E-state index in [1.807, 2.05) is 0 Å². The molecule has 0 spiro atoms. The molecule has 0 amide bonds. The molecule has 0 radical (unpaired) electrons. The number of halogens is 1. The van der Waals surface area contributed by atoms with Crippen molar-refractivity contribution in [3.63, 3.8) is 0 Å². The molecule has 1 aromatic heterocycles. The van der Waals surface area contributed by atoms with Gasteiger partial charge in [0.1, 0.15) is 11.1 Å². The van der Waals surface area contributed by atoms with Crippen LogP contribution in [0, 0.1) is 11.3 Å². The third-order valence-electron chi connectivity index (χ3n) is 4.50. The van der Waals surface area contributed by atoms with E-state index in [0.717, 1.165) is 43.4 Å². The van der Waals surface area contributed by atoms with Gasteiger partial charge in [0.15, 0.2) is 5.78 Å². The fourth-order valence-corrected chi connectivity index (χ4v) is 4.38. The summed E-state index contributed by atoms with van der Waals surface area (Å²) >= 11 is 7.31. The molecule has 5 heteroatoms. The third-order valence-corrected chi connectivity index (χ3v) is 5.71. The van der Waals surface area contributed by atoms with Crippen molar-refractivity contribution in [1.29, 1.82) is 5.26 Å². The number of pyridine rings is 1. The maximum atomic E-state index is 12.4. The zero-order valence-electron chi connectivity index (χ0n) is 14.1. The number of benzene rings is 1. The van der Waals surface area contributed by atoms with Crippen molar-refractivity contribution >= 4 is 29.1 Å². The number of aromatic nitrogens is 1. The highest BCUT2D eigenvalue weighted by Gasteiger charge is 2.22. The van der Waals surface area contributed by atoms with Crippen LogP contribution in [0.5, 0.6) is 0 Å². The van der Waals surface area contributed by atoms with Gasteiger partial charge in [-0.3, -0.25) is 4.79 Å². The molecule has 0 unspecified atom stereocenters. The van der Waals surface area contributed by atoms with E-state index in [4.69, 9.17) is 16.6 Å². The Kier molecular flexibility index (Phi) is 5.78. The Bertz CT molecular complexity index is 858. The zero-order valence-corrected chi connectivity index (χ0v) is 15.7. The Morgan fingerprint density at radius 2 is 2.08 bits per heavy atom. The van der Waals surface area contributed by atoms with Crippen LogP contribution in [-0.2, 0) is 19.3 Å². The van der Waals surface area contributed by atoms with Gasteiger partial charge >= 0.3 is 0 Å². The van der Waals surface area contributed by atoms with Gasteiger partial charge in [-0.1, -0.05) is 42.4 Å². The van der Waals surface area contributed by atoms with E-state index < -0.39 is 0 Å². The van der Waals surface area contributed by atoms with Gasteiger partial charge in [0.25, 0.3) is 0 Å². The molecule has 2 aromatic rings. The van der Waals surface area contributed by atoms with Crippen LogP contribution in [-0.4, -0.2) is 16.5 Å². The highest BCUT2D eigenvalue weighted by Crippen LogP contribution is 2.33. The number of nitriles is 1. The van der Waals surface area contributed by atoms with Gasteiger partial charge < -0.3 is 0 Å². The average Bonchev–Trinajstić information content (AvgIpc) is 2.65. The summed E-state index contributed by atoms with van der Waals surface area (Å²) in [6, 6.07) is 9.29. The number of Topliss-reactive ketones (excluding diaryl/α,β-unsaturated/α-hetero) is 1. The molecule has 0 fully saturated rings. The minimum atomic E-state index is -0.00559. The molecule has 25 heavy (non-hydrogen) atoms. The number of aryl methyl sites for hydroxylation is 1. The zero-order chi connectivity index (χ0) is 17.8. The number of fused-ring (bicyclic) bond motifs is 1. The SMILES string of the molecule is CCc1nc(SCC(=O)c2cccc(Cl)c2)c(C#N)c2c1CCCC2. The molecule has 0 N–H and O–H groups in total. The quantitative estimate of drug-likeness (QED) is 0.547. The molecule has 0 saturated carbocycles. The van der Waals surface area contributed by atoms with Crippen LogP contribution in [0.3, 0.4) is 0 Å². The lowest BCUT2D eigenvalue weighted by atomic mass is 9.87. The summed E-state index contributed by atoms with van der Waals surface area (Å²) in [5.74, 6) is 0.248. The maximum absolute atomic E-state index is 12.4. The topological polar surface area (TPSA) is 53.8 Å². The van der Waals surface area contributed by atoms with Crippen LogP contribution in [0.25, 0.3) is 0 Å². The summed E-state index contributed by atoms with van der Waals surface area (Å²) in [5, 5.41) is 10.9. The second-order valence-electron chi connectivity index (χ2n) is 6.09. The second kappa shape index (κ2) is 8.03. The van der Waals surface area contributed by atoms with Crippen LogP contribution in [0.2, 0.25) is 5.02 Å². The van der Waals surface area contributed by atoms with Crippen molar-refractivity contribution in [2.45, 2.75) is 44.1 Å². The minimum Gasteiger partial charge on any atom is -0.293 e. The van der Waals surface area contributed by atoms with Crippen molar-refractivity contribution in [1.82, 2.24) is 4.98 Å². The molecule has 0 aliphatic heterocycles. The summed E-state index contributed by atoms with van der Waals surface area (Å²) in [6.07, 6.45) is 5.06. The largest absolute Gasteiger partial charge is 0.293 e. The Hall–Kier alpha value is -1.83. The van der Waals surface area contributed by atoms with Gasteiger partial charge in [-0.15, -0.1) is 0 Å². The average molecular weight is 371 g/mol. The lowest BCUT2D eigenvalue weighted by Gasteiger charge is -2.21. The lowest BCUT2D eigenvalue weighted by molar-refractivity contribution is 0.102. The molecule has 0 saturated heterocycles. The summed E-state index contributed by atoms with van der Waals surface area (Å²) in [4.78, 5) is 17.1. The van der Waals surface area contributed by atoms with Crippen LogP contribution in [0.4, 0.5) is 0 Å². The van der Waals surface area contributed by atoms with E-state index in [1.165, 1.54) is 17.3 Å². The first-order valence-electron chi connectivity index (χ1n) is 8.50. The number of hydrogen-bond donors (Lipinski definition) is 0. The summed E-state index contributed by atoms with van der Waals surface area (Å²) in [7, 11) is 0. The van der Waals surface area contributed by atoms with E-state index in [1.54, 1.807) is 24.3 Å². The van der Waals surface area contributed by atoms with Crippen LogP contribution in [0.15, 0.2) is 29.3 Å². The fraction of sp³-hybridized carbons (Fsp3) is 0.350. The molecule has 1 aromatic carbocycles. The van der Waals surface area contributed by atoms with Gasteiger partial charge in [-0.05, 0) is 55.4 Å². The summed E-state index contributed by atoms with van der Waals surface area (Å²) in [5.41, 5.74) is 4.74. The first-order chi connectivity index (χ1) is 12.1. The predicted molar refractivity (Wildman–Crippen MR) is 101 cm³/mol. The number of hydrogen-bond acceptors (Lipinski definition) is 4. The maximum Gasteiger partial charge on any atom is 0.173 e. The molecular weight excluding hydrogens is 352 g/mol. The third kappa shape index (κ3) is 3.89. The van der Waals surface area contributed by atoms with E-state index >= 15 is 0 Å². The number of thioether (sulfide) groups is 1. The smallest absolute Gasteiger partial charge is 0.173 e. The van der Waals surface area contributed by atoms with Crippen LogP contribution >= 0.6 is 23.4 Å². The normalized spacial score (nSPS) is 13.2. The predicted octanol–water partition coefficient (Wildman–Crippen LogP) is 5.02. The second-order valence-corrected chi connectivity index (χ2v) is 7.49. The van der Waals surface area contributed by atoms with Gasteiger partial charge in [-0.25, -0.2) is 4.98 Å². The van der Waals surface area contributed by atoms with E-state index in [2.05, 4.69) is 13.0 Å². The summed E-state index contributed by atoms with van der Waals surface area (Å²) < 4.78 is 0. The minimum absolute atomic E-state index is 0.00559. The van der Waals surface area contributed by atoms with Gasteiger partial charge in [0, 0.05) is 16.3 Å². The van der Waals surface area contributed by atoms with Crippen molar-refractivity contribution in [2.75, 3.05) is 5.75 Å². The van der Waals surface area contributed by atoms with Crippen molar-refractivity contribution in [3.8, 4) is 6.07 Å². The molecule has 1 aliphatic rings. The molecule has 3 rings (SSSR count). The lowest BCUT2D eigenvalue weighted by Crippen LogP contribution is -2.13. The monoisotopic (exact) mass is 370 g/mol. The van der Waals surface area contributed by atoms with Gasteiger partial charge in [-0.2, -0.15) is 5.26 Å². The molecule has 128 valence electrons. The van der Waals surface area contributed by atoms with Crippen LogP contribution < -0.4 is 0 Å². The van der Waals surface area contributed by atoms with Crippen molar-refractivity contribution in [2.24, 2.45) is 0 Å². The Morgan fingerprint density at radius 3 is 2.76 bits per heavy atom. The van der Waals surface area contributed by atoms with Crippen molar-refractivity contribution < 1.29 is 4.79 Å². The molecule has 0 atom stereocenters. The highest BCUT2D eigenvalue weighted by molar-refractivity contribution is 8.00. The van der Waals surface area contributed by atoms with E-state index in [0.29, 0.717) is 21.2 Å². The standard InChI is InChI=1S/C20H19ClN2OS/c1-2-18-16-9-4-3-8-15(16)17(11-22)20(23-18)25-12-19(24)13-6-5-7-14(21)10-13/h5-7,10H,2-4,8-9,12H2,1H3. The van der Waals surface area contributed by atoms with Gasteiger partial charge in [0.05, 0.1) is 11.3 Å². The number of ketones is 1. The Balaban J connectivity index is 1.87. The molecule has 0 bridgehead atoms. The number of carbonyl (C=O) groups is 1. The van der Waals surface area contributed by atoms with E-state index in [9.17, 15) is 10.1 Å². The molecule has 1 aliphatic carbocycles. The highest BCUT2D eigenvalue weighted by atomic mass is 35.5. The van der Waals surface area contributed by atoms with E-state index in [-0.39, 0.29) is 11.5 Å². The number of carbonyl (C=O) groups excluding carboxylic acids is 1. The molecule has 3 nitrogen and oxygen atoms in total. The van der Waals surface area contributed by atoms with Gasteiger partial charge in [0.2, 0.25) is 0 Å². The Morgan fingerprint density at radius 1 is 1.32 bits per heavy atom. The molecular formula is C20H19ClN2OS. The summed E-state index contributed by atoms with van der Waals surface area (Å²) in [6.45, 7) is 2.09. The van der Waals surface area contributed by atoms with Crippen LogP contribution in [0.1, 0.15) is 52.5 Å². The molecule has 1 heterocycles.